The van der Waals surface area contributed by atoms with Crippen LogP contribution in [-0.4, -0.2) is 4.75 Å². The molecule has 0 aliphatic rings. The predicted octanol–water partition coefficient (Wildman–Crippen LogP) is 6.05. The average molecular weight is 264 g/mol. The summed E-state index contributed by atoms with van der Waals surface area (Å²) in [6, 6.07) is 9.19. The third-order valence-corrected chi connectivity index (χ3v) is 5.96. The van der Waals surface area contributed by atoms with Crippen LogP contribution in [-0.2, 0) is 5.41 Å². The third-order valence-electron chi connectivity index (χ3n) is 4.38. The van der Waals surface area contributed by atoms with Gasteiger partial charge in [-0.3, -0.25) is 0 Å². The van der Waals surface area contributed by atoms with Crippen LogP contribution >= 0.6 is 11.8 Å². The highest BCUT2D eigenvalue weighted by molar-refractivity contribution is 8.00. The van der Waals surface area contributed by atoms with Gasteiger partial charge in [0.25, 0.3) is 0 Å². The minimum Gasteiger partial charge on any atom is -0.120 e. The molecule has 1 aromatic carbocycles. The molecule has 1 rings (SSSR count). The smallest absolute Gasteiger partial charge is 0.0173 e. The number of benzene rings is 1. The molecule has 1 aromatic rings. The van der Waals surface area contributed by atoms with Crippen molar-refractivity contribution < 1.29 is 0 Å². The van der Waals surface area contributed by atoms with Crippen molar-refractivity contribution in [3.8, 4) is 0 Å². The standard InChI is InChI=1S/C17H28S/c1-7-16(4,5)14-10-12-15(13-11-14)18-17(6,8-2)9-3/h10-13H,7-9H2,1-6H3. The lowest BCUT2D eigenvalue weighted by Gasteiger charge is -2.27. The van der Waals surface area contributed by atoms with Gasteiger partial charge in [0.15, 0.2) is 0 Å². The molecule has 0 heterocycles. The van der Waals surface area contributed by atoms with Crippen LogP contribution in [0.15, 0.2) is 29.2 Å². The average Bonchev–Trinajstić information content (AvgIpc) is 2.39. The second-order valence-electron chi connectivity index (χ2n) is 6.02. The molecule has 0 saturated heterocycles. The molecule has 0 spiro atoms. The van der Waals surface area contributed by atoms with Gasteiger partial charge in [-0.1, -0.05) is 53.7 Å². The molecule has 0 bridgehead atoms. The van der Waals surface area contributed by atoms with Gasteiger partial charge in [-0.25, -0.2) is 0 Å². The summed E-state index contributed by atoms with van der Waals surface area (Å²) in [5, 5.41) is 0. The first-order valence-corrected chi connectivity index (χ1v) is 7.98. The topological polar surface area (TPSA) is 0 Å². The molecule has 0 aliphatic heterocycles. The van der Waals surface area contributed by atoms with Crippen molar-refractivity contribution >= 4 is 11.8 Å². The van der Waals surface area contributed by atoms with Gasteiger partial charge in [0, 0.05) is 9.64 Å². The van der Waals surface area contributed by atoms with E-state index in [1.54, 1.807) is 0 Å². The van der Waals surface area contributed by atoms with Crippen LogP contribution in [0, 0.1) is 0 Å². The lowest BCUT2D eigenvalue weighted by molar-refractivity contribution is 0.506. The lowest BCUT2D eigenvalue weighted by atomic mass is 9.82. The number of rotatable bonds is 6. The van der Waals surface area contributed by atoms with Crippen LogP contribution in [0.5, 0.6) is 0 Å². The molecule has 0 fully saturated rings. The summed E-state index contributed by atoms with van der Waals surface area (Å²) in [7, 11) is 0. The lowest BCUT2D eigenvalue weighted by Crippen LogP contribution is -2.17. The van der Waals surface area contributed by atoms with Gasteiger partial charge in [-0.2, -0.15) is 0 Å². The maximum atomic E-state index is 2.36. The molecule has 102 valence electrons. The summed E-state index contributed by atoms with van der Waals surface area (Å²) in [4.78, 5) is 1.40. The second-order valence-corrected chi connectivity index (χ2v) is 7.68. The molecule has 0 N–H and O–H groups in total. The fourth-order valence-corrected chi connectivity index (χ4v) is 2.99. The van der Waals surface area contributed by atoms with Crippen LogP contribution in [0.1, 0.15) is 66.4 Å². The van der Waals surface area contributed by atoms with E-state index in [0.29, 0.717) is 10.2 Å². The van der Waals surface area contributed by atoms with Crippen LogP contribution in [0.4, 0.5) is 0 Å². The van der Waals surface area contributed by atoms with E-state index in [4.69, 9.17) is 0 Å². The van der Waals surface area contributed by atoms with E-state index in [1.165, 1.54) is 29.7 Å². The van der Waals surface area contributed by atoms with Crippen LogP contribution in [0.3, 0.4) is 0 Å². The Morgan fingerprint density at radius 1 is 0.833 bits per heavy atom. The van der Waals surface area contributed by atoms with Gasteiger partial charge < -0.3 is 0 Å². The van der Waals surface area contributed by atoms with E-state index < -0.39 is 0 Å². The molecular formula is C17H28S. The molecule has 0 saturated carbocycles. The first-order chi connectivity index (χ1) is 8.37. The highest BCUT2D eigenvalue weighted by Gasteiger charge is 2.22. The molecule has 0 unspecified atom stereocenters. The maximum Gasteiger partial charge on any atom is 0.0173 e. The number of hydrogen-bond donors (Lipinski definition) is 0. The Hall–Kier alpha value is -0.430. The van der Waals surface area contributed by atoms with Crippen molar-refractivity contribution in [2.24, 2.45) is 0 Å². The number of thioether (sulfide) groups is 1. The number of hydrogen-bond acceptors (Lipinski definition) is 1. The van der Waals surface area contributed by atoms with Gasteiger partial charge in [0.05, 0.1) is 0 Å². The van der Waals surface area contributed by atoms with Crippen molar-refractivity contribution in [3.63, 3.8) is 0 Å². The second kappa shape index (κ2) is 6.14. The fourth-order valence-electron chi connectivity index (χ4n) is 1.86. The predicted molar refractivity (Wildman–Crippen MR) is 84.6 cm³/mol. The van der Waals surface area contributed by atoms with Crippen molar-refractivity contribution in [2.75, 3.05) is 0 Å². The molecule has 0 aliphatic carbocycles. The first-order valence-electron chi connectivity index (χ1n) is 7.16. The Kier molecular flexibility index (Phi) is 5.33. The molecule has 0 atom stereocenters. The Morgan fingerprint density at radius 3 is 1.72 bits per heavy atom. The highest BCUT2D eigenvalue weighted by Crippen LogP contribution is 2.38. The highest BCUT2D eigenvalue weighted by atomic mass is 32.2. The third kappa shape index (κ3) is 3.78. The van der Waals surface area contributed by atoms with Crippen molar-refractivity contribution in [1.82, 2.24) is 0 Å². The van der Waals surface area contributed by atoms with E-state index in [-0.39, 0.29) is 0 Å². The zero-order valence-corrected chi connectivity index (χ0v) is 13.7. The van der Waals surface area contributed by atoms with E-state index >= 15 is 0 Å². The van der Waals surface area contributed by atoms with E-state index in [0.717, 1.165) is 0 Å². The van der Waals surface area contributed by atoms with Crippen molar-refractivity contribution in [3.05, 3.63) is 29.8 Å². The normalized spacial score (nSPS) is 12.8. The van der Waals surface area contributed by atoms with E-state index in [2.05, 4.69) is 65.8 Å². The summed E-state index contributed by atoms with van der Waals surface area (Å²) < 4.78 is 0.377. The Labute approximate surface area is 118 Å². The monoisotopic (exact) mass is 264 g/mol. The largest absolute Gasteiger partial charge is 0.120 e. The molecule has 0 radical (unpaired) electrons. The zero-order valence-electron chi connectivity index (χ0n) is 12.8. The SMILES string of the molecule is CCC(C)(CC)Sc1ccc(C(C)(C)CC)cc1. The van der Waals surface area contributed by atoms with Crippen LogP contribution in [0.2, 0.25) is 0 Å². The summed E-state index contributed by atoms with van der Waals surface area (Å²) in [6.07, 6.45) is 3.62. The first kappa shape index (κ1) is 15.6. The minimum absolute atomic E-state index is 0.294. The Morgan fingerprint density at radius 2 is 1.33 bits per heavy atom. The quantitative estimate of drug-likeness (QED) is 0.564. The van der Waals surface area contributed by atoms with Crippen molar-refractivity contribution in [1.29, 1.82) is 0 Å². The molecular weight excluding hydrogens is 236 g/mol. The van der Waals surface area contributed by atoms with Gasteiger partial charge >= 0.3 is 0 Å². The zero-order chi connectivity index (χ0) is 13.8. The minimum atomic E-state index is 0.294. The molecule has 0 amide bonds. The molecule has 0 nitrogen and oxygen atoms in total. The molecule has 1 heteroatoms. The maximum absolute atomic E-state index is 2.36. The van der Waals surface area contributed by atoms with Crippen LogP contribution < -0.4 is 0 Å². The van der Waals surface area contributed by atoms with E-state index in [1.807, 2.05) is 11.8 Å². The Balaban J connectivity index is 2.84. The van der Waals surface area contributed by atoms with Crippen molar-refractivity contribution in [2.45, 2.75) is 75.9 Å². The Bertz CT molecular complexity index is 358. The summed E-state index contributed by atoms with van der Waals surface area (Å²) in [5.74, 6) is 0. The van der Waals surface area contributed by atoms with E-state index in [9.17, 15) is 0 Å². The van der Waals surface area contributed by atoms with Crippen LogP contribution in [0.25, 0.3) is 0 Å². The van der Waals surface area contributed by atoms with Gasteiger partial charge in [-0.05, 0) is 42.4 Å². The van der Waals surface area contributed by atoms with Gasteiger partial charge in [0.2, 0.25) is 0 Å². The molecule has 0 aromatic heterocycles. The van der Waals surface area contributed by atoms with Gasteiger partial charge in [-0.15, -0.1) is 11.8 Å². The fraction of sp³-hybridized carbons (Fsp3) is 0.647. The summed E-state index contributed by atoms with van der Waals surface area (Å²) >= 11 is 2.02. The molecule has 18 heavy (non-hydrogen) atoms. The summed E-state index contributed by atoms with van der Waals surface area (Å²) in [5.41, 5.74) is 1.74. The summed E-state index contributed by atoms with van der Waals surface area (Å²) in [6.45, 7) is 13.8. The van der Waals surface area contributed by atoms with Gasteiger partial charge in [0.1, 0.15) is 0 Å².